The van der Waals surface area contributed by atoms with E-state index in [0.29, 0.717) is 18.4 Å². The molecule has 1 rings (SSSR count). The van der Waals surface area contributed by atoms with Gasteiger partial charge in [0.05, 0.1) is 10.6 Å². The van der Waals surface area contributed by atoms with Gasteiger partial charge in [-0.25, -0.2) is 0 Å². The van der Waals surface area contributed by atoms with Crippen molar-refractivity contribution >= 4 is 11.6 Å². The van der Waals surface area contributed by atoms with Crippen LogP contribution >= 0.6 is 11.6 Å². The van der Waals surface area contributed by atoms with Gasteiger partial charge in [0.1, 0.15) is 0 Å². The van der Waals surface area contributed by atoms with Gasteiger partial charge < -0.3 is 5.73 Å². The Bertz CT molecular complexity index is 401. The first-order valence-electron chi connectivity index (χ1n) is 5.09. The van der Waals surface area contributed by atoms with Crippen LogP contribution in [0.5, 0.6) is 0 Å². The fourth-order valence-corrected chi connectivity index (χ4v) is 1.75. The predicted octanol–water partition coefficient (Wildman–Crippen LogP) is 4.32. The van der Waals surface area contributed by atoms with Crippen molar-refractivity contribution in [1.29, 1.82) is 0 Å². The number of rotatable bonds is 4. The van der Waals surface area contributed by atoms with E-state index in [1.807, 2.05) is 0 Å². The van der Waals surface area contributed by atoms with E-state index in [0.717, 1.165) is 6.07 Å². The molecule has 0 aliphatic rings. The van der Waals surface area contributed by atoms with Gasteiger partial charge in [-0.3, -0.25) is 0 Å². The highest BCUT2D eigenvalue weighted by Crippen LogP contribution is 2.35. The third kappa shape index (κ3) is 3.75. The number of allylic oxidation sites excluding steroid dienone is 1. The van der Waals surface area contributed by atoms with Gasteiger partial charge in [0.2, 0.25) is 0 Å². The molecule has 1 atom stereocenters. The lowest BCUT2D eigenvalue weighted by Gasteiger charge is -2.14. The maximum absolute atomic E-state index is 12.5. The predicted molar refractivity (Wildman–Crippen MR) is 62.8 cm³/mol. The highest BCUT2D eigenvalue weighted by Gasteiger charge is 2.33. The molecule has 0 saturated carbocycles. The minimum atomic E-state index is -4.43. The Balaban J connectivity index is 2.92. The Kier molecular flexibility index (Phi) is 4.60. The summed E-state index contributed by atoms with van der Waals surface area (Å²) in [6.45, 7) is 3.56. The van der Waals surface area contributed by atoms with E-state index in [4.69, 9.17) is 17.3 Å². The molecule has 0 aliphatic heterocycles. The molecule has 5 heteroatoms. The number of nitrogens with two attached hydrogens (primary N) is 1. The molecule has 0 amide bonds. The molecule has 0 bridgehead atoms. The highest BCUT2D eigenvalue weighted by molar-refractivity contribution is 6.31. The zero-order valence-electron chi connectivity index (χ0n) is 9.10. The molecule has 0 unspecified atom stereocenters. The molecule has 0 saturated heterocycles. The summed E-state index contributed by atoms with van der Waals surface area (Å²) in [6.07, 6.45) is -1.38. The lowest BCUT2D eigenvalue weighted by molar-refractivity contribution is -0.137. The first-order chi connectivity index (χ1) is 7.86. The van der Waals surface area contributed by atoms with Crippen LogP contribution in [0.3, 0.4) is 0 Å². The van der Waals surface area contributed by atoms with Gasteiger partial charge >= 0.3 is 6.18 Å². The van der Waals surface area contributed by atoms with E-state index in [1.165, 1.54) is 12.1 Å². The highest BCUT2D eigenvalue weighted by atomic mass is 35.5. The fraction of sp³-hybridized carbons (Fsp3) is 0.333. The molecule has 1 nitrogen and oxygen atoms in total. The van der Waals surface area contributed by atoms with Crippen LogP contribution in [-0.2, 0) is 6.18 Å². The van der Waals surface area contributed by atoms with Crippen LogP contribution in [0.4, 0.5) is 13.2 Å². The Morgan fingerprint density at radius 2 is 2.06 bits per heavy atom. The Hall–Kier alpha value is -1.00. The topological polar surface area (TPSA) is 26.0 Å². The number of halogens is 4. The third-order valence-corrected chi connectivity index (χ3v) is 2.72. The maximum Gasteiger partial charge on any atom is 0.417 e. The molecule has 2 N–H and O–H groups in total. The van der Waals surface area contributed by atoms with Gasteiger partial charge in [-0.2, -0.15) is 13.2 Å². The summed E-state index contributed by atoms with van der Waals surface area (Å²) in [5.74, 6) is 0. The summed E-state index contributed by atoms with van der Waals surface area (Å²) in [7, 11) is 0. The van der Waals surface area contributed by atoms with E-state index >= 15 is 0 Å². The largest absolute Gasteiger partial charge is 0.417 e. The smallest absolute Gasteiger partial charge is 0.324 e. The zero-order valence-corrected chi connectivity index (χ0v) is 9.85. The number of alkyl halides is 3. The Morgan fingerprint density at radius 1 is 1.41 bits per heavy atom. The van der Waals surface area contributed by atoms with Crippen molar-refractivity contribution in [2.45, 2.75) is 25.1 Å². The van der Waals surface area contributed by atoms with Crippen LogP contribution in [0.25, 0.3) is 0 Å². The van der Waals surface area contributed by atoms with Gasteiger partial charge in [0.15, 0.2) is 0 Å². The quantitative estimate of drug-likeness (QED) is 0.804. The van der Waals surface area contributed by atoms with Crippen LogP contribution < -0.4 is 5.73 Å². The second-order valence-corrected chi connectivity index (χ2v) is 4.12. The van der Waals surface area contributed by atoms with Crippen molar-refractivity contribution in [3.8, 4) is 0 Å². The molecule has 1 aromatic carbocycles. The van der Waals surface area contributed by atoms with Crippen LogP contribution in [0.1, 0.15) is 30.0 Å². The number of benzene rings is 1. The summed E-state index contributed by atoms with van der Waals surface area (Å²) < 4.78 is 37.4. The molecule has 0 heterocycles. The minimum absolute atomic E-state index is 0.316. The molecule has 1 aromatic rings. The number of hydrogen-bond acceptors (Lipinski definition) is 1. The second-order valence-electron chi connectivity index (χ2n) is 3.71. The SMILES string of the molecule is C=CCC[C@@H](N)c1ccc(C(F)(F)F)c(Cl)c1. The molecule has 0 spiro atoms. The molecule has 0 aromatic heterocycles. The molecule has 17 heavy (non-hydrogen) atoms. The van der Waals surface area contributed by atoms with E-state index in [-0.39, 0.29) is 11.1 Å². The summed E-state index contributed by atoms with van der Waals surface area (Å²) in [5.41, 5.74) is 5.59. The maximum atomic E-state index is 12.5. The molecular weight excluding hydrogens is 251 g/mol. The summed E-state index contributed by atoms with van der Waals surface area (Å²) >= 11 is 5.60. The molecule has 94 valence electrons. The van der Waals surface area contributed by atoms with Gasteiger partial charge in [0.25, 0.3) is 0 Å². The standard InChI is InChI=1S/C12H13ClF3N/c1-2-3-4-11(17)8-5-6-9(10(13)7-8)12(14,15)16/h2,5-7,11H,1,3-4,17H2/t11-/m1/s1. The van der Waals surface area contributed by atoms with Crippen molar-refractivity contribution < 1.29 is 13.2 Å². The molecular formula is C12H13ClF3N. The first-order valence-corrected chi connectivity index (χ1v) is 5.47. The van der Waals surface area contributed by atoms with Gasteiger partial charge in [-0.15, -0.1) is 6.58 Å². The van der Waals surface area contributed by atoms with Crippen molar-refractivity contribution in [2.75, 3.05) is 0 Å². The van der Waals surface area contributed by atoms with E-state index < -0.39 is 11.7 Å². The van der Waals surface area contributed by atoms with Crippen LogP contribution in [0.15, 0.2) is 30.9 Å². The van der Waals surface area contributed by atoms with Crippen molar-refractivity contribution in [1.82, 2.24) is 0 Å². The van der Waals surface area contributed by atoms with E-state index in [2.05, 4.69) is 6.58 Å². The minimum Gasteiger partial charge on any atom is -0.324 e. The summed E-state index contributed by atoms with van der Waals surface area (Å²) in [5, 5.41) is -0.316. The Labute approximate surface area is 103 Å². The van der Waals surface area contributed by atoms with Crippen LogP contribution in [-0.4, -0.2) is 0 Å². The molecule has 0 radical (unpaired) electrons. The molecule has 0 fully saturated rings. The van der Waals surface area contributed by atoms with Crippen LogP contribution in [0, 0.1) is 0 Å². The van der Waals surface area contributed by atoms with Crippen molar-refractivity contribution in [3.63, 3.8) is 0 Å². The second kappa shape index (κ2) is 5.56. The monoisotopic (exact) mass is 263 g/mol. The first kappa shape index (κ1) is 14.1. The molecule has 0 aliphatic carbocycles. The fourth-order valence-electron chi connectivity index (χ4n) is 1.46. The van der Waals surface area contributed by atoms with Crippen LogP contribution in [0.2, 0.25) is 5.02 Å². The lowest BCUT2D eigenvalue weighted by atomic mass is 10.0. The average molecular weight is 264 g/mol. The normalized spacial score (nSPS) is 13.5. The Morgan fingerprint density at radius 3 is 2.53 bits per heavy atom. The zero-order chi connectivity index (χ0) is 13.1. The van der Waals surface area contributed by atoms with Gasteiger partial charge in [-0.05, 0) is 30.5 Å². The van der Waals surface area contributed by atoms with Gasteiger partial charge in [0, 0.05) is 6.04 Å². The van der Waals surface area contributed by atoms with E-state index in [1.54, 1.807) is 6.08 Å². The van der Waals surface area contributed by atoms with Gasteiger partial charge in [-0.1, -0.05) is 23.7 Å². The van der Waals surface area contributed by atoms with Crippen molar-refractivity contribution in [2.24, 2.45) is 5.73 Å². The average Bonchev–Trinajstić information content (AvgIpc) is 2.23. The lowest BCUT2D eigenvalue weighted by Crippen LogP contribution is -2.11. The van der Waals surface area contributed by atoms with Crippen molar-refractivity contribution in [3.05, 3.63) is 47.0 Å². The number of hydrogen-bond donors (Lipinski definition) is 1. The summed E-state index contributed by atoms with van der Waals surface area (Å²) in [4.78, 5) is 0. The third-order valence-electron chi connectivity index (χ3n) is 2.41. The summed E-state index contributed by atoms with van der Waals surface area (Å²) in [6, 6.07) is 3.28. The van der Waals surface area contributed by atoms with E-state index in [9.17, 15) is 13.2 Å².